The molecule has 1 saturated heterocycles. The van der Waals surface area contributed by atoms with Gasteiger partial charge in [0.05, 0.1) is 26.2 Å². The van der Waals surface area contributed by atoms with E-state index in [2.05, 4.69) is 31.2 Å². The molecule has 1 aliphatic heterocycles. The highest BCUT2D eigenvalue weighted by atomic mass is 127. The molecule has 0 saturated carbocycles. The molecule has 0 amide bonds. The lowest BCUT2D eigenvalue weighted by Crippen LogP contribution is -3.00. The average Bonchev–Trinajstić information content (AvgIpc) is 2.75. The molecule has 4 heteroatoms. The first kappa shape index (κ1) is 15.5. The Kier molecular flexibility index (Phi) is 4.86. The van der Waals surface area contributed by atoms with E-state index in [1.54, 1.807) is 0 Å². The fourth-order valence-corrected chi connectivity index (χ4v) is 2.89. The Bertz CT molecular complexity index is 585. The Balaban J connectivity index is 0.00000147. The molecular formula is C16H21IN2O. The average molecular weight is 384 g/mol. The van der Waals surface area contributed by atoms with Gasteiger partial charge in [0.25, 0.3) is 0 Å². The zero-order valence-electron chi connectivity index (χ0n) is 12.1. The van der Waals surface area contributed by atoms with Crippen LogP contribution < -0.4 is 28.7 Å². The van der Waals surface area contributed by atoms with E-state index in [0.717, 1.165) is 27.7 Å². The topological polar surface area (TPSA) is 22.1 Å². The van der Waals surface area contributed by atoms with E-state index < -0.39 is 0 Å². The molecule has 108 valence electrons. The van der Waals surface area contributed by atoms with Crippen molar-refractivity contribution < 1.29 is 33.2 Å². The minimum absolute atomic E-state index is 0. The summed E-state index contributed by atoms with van der Waals surface area (Å²) in [5.74, 6) is 0.951. The summed E-state index contributed by atoms with van der Waals surface area (Å²) in [5.41, 5.74) is 1.02. The summed E-state index contributed by atoms with van der Waals surface area (Å²) >= 11 is 0. The lowest BCUT2D eigenvalue weighted by atomic mass is 10.2. The van der Waals surface area contributed by atoms with Gasteiger partial charge in [-0.3, -0.25) is 4.98 Å². The van der Waals surface area contributed by atoms with Crippen molar-refractivity contribution in [1.29, 1.82) is 0 Å². The number of fused-ring (bicyclic) bond motifs is 1. The number of benzene rings is 1. The van der Waals surface area contributed by atoms with E-state index in [1.165, 1.54) is 19.4 Å². The van der Waals surface area contributed by atoms with Crippen LogP contribution in [0.15, 0.2) is 36.5 Å². The Morgan fingerprint density at radius 2 is 2.15 bits per heavy atom. The van der Waals surface area contributed by atoms with Crippen LogP contribution in [0.2, 0.25) is 0 Å². The van der Waals surface area contributed by atoms with Crippen LogP contribution in [0.3, 0.4) is 0 Å². The molecule has 0 unspecified atom stereocenters. The Hall–Kier alpha value is -0.880. The number of rotatable bonds is 3. The van der Waals surface area contributed by atoms with Crippen LogP contribution in [0.5, 0.6) is 5.75 Å². The third-order valence-corrected chi connectivity index (χ3v) is 4.28. The minimum atomic E-state index is 0. The second-order valence-electron chi connectivity index (χ2n) is 5.97. The van der Waals surface area contributed by atoms with E-state index in [-0.39, 0.29) is 24.0 Å². The fraction of sp³-hybridized carbons (Fsp3) is 0.438. The number of quaternary nitrogens is 1. The zero-order valence-corrected chi connectivity index (χ0v) is 14.2. The largest absolute Gasteiger partial charge is 1.00 e. The van der Waals surface area contributed by atoms with E-state index in [0.29, 0.717) is 6.04 Å². The third kappa shape index (κ3) is 3.23. The van der Waals surface area contributed by atoms with E-state index in [4.69, 9.17) is 4.74 Å². The number of ether oxygens (including phenoxy) is 1. The number of likely N-dealkylation sites (tertiary alicyclic amines) is 1. The monoisotopic (exact) mass is 384 g/mol. The Morgan fingerprint density at radius 1 is 1.30 bits per heavy atom. The van der Waals surface area contributed by atoms with Crippen LogP contribution >= 0.6 is 0 Å². The predicted octanol–water partition coefficient (Wildman–Crippen LogP) is -0.144. The van der Waals surface area contributed by atoms with Crippen molar-refractivity contribution in [3.63, 3.8) is 0 Å². The summed E-state index contributed by atoms with van der Waals surface area (Å²) in [6.07, 6.45) is 4.40. The van der Waals surface area contributed by atoms with Crippen molar-refractivity contribution in [2.24, 2.45) is 0 Å². The number of aromatic nitrogens is 1. The van der Waals surface area contributed by atoms with E-state index in [1.807, 2.05) is 24.4 Å². The van der Waals surface area contributed by atoms with Crippen molar-refractivity contribution in [3.8, 4) is 5.75 Å². The molecule has 0 aliphatic carbocycles. The smallest absolute Gasteiger partial charge is 0.140 e. The van der Waals surface area contributed by atoms with Gasteiger partial charge in [0.15, 0.2) is 0 Å². The molecule has 2 aromatic rings. The standard InChI is InChI=1S/C16H21N2O.HI/c1-18(2)10-4-6-14(18)12-19-15-7-8-16-13(11-15)5-3-9-17-16;/h3,5,7-9,11,14H,4,6,10,12H2,1-2H3;1H/q+1;/p-1/t14-;/m1./s1. The van der Waals surface area contributed by atoms with Gasteiger partial charge in [-0.15, -0.1) is 0 Å². The number of hydrogen-bond donors (Lipinski definition) is 0. The maximum atomic E-state index is 5.99. The second kappa shape index (κ2) is 6.26. The van der Waals surface area contributed by atoms with Crippen molar-refractivity contribution in [3.05, 3.63) is 36.5 Å². The molecule has 20 heavy (non-hydrogen) atoms. The predicted molar refractivity (Wildman–Crippen MR) is 77.2 cm³/mol. The molecule has 0 N–H and O–H groups in total. The molecule has 0 radical (unpaired) electrons. The number of pyridine rings is 1. The fourth-order valence-electron chi connectivity index (χ4n) is 2.89. The summed E-state index contributed by atoms with van der Waals surface area (Å²) in [6.45, 7) is 2.06. The third-order valence-electron chi connectivity index (χ3n) is 4.28. The molecule has 3 nitrogen and oxygen atoms in total. The molecule has 1 aromatic heterocycles. The lowest BCUT2D eigenvalue weighted by molar-refractivity contribution is -0.902. The molecule has 1 fully saturated rings. The first-order valence-corrected chi connectivity index (χ1v) is 6.95. The van der Waals surface area contributed by atoms with Crippen LogP contribution in [0.4, 0.5) is 0 Å². The highest BCUT2D eigenvalue weighted by Crippen LogP contribution is 2.24. The van der Waals surface area contributed by atoms with Gasteiger partial charge in [-0.05, 0) is 24.3 Å². The Labute approximate surface area is 137 Å². The van der Waals surface area contributed by atoms with E-state index >= 15 is 0 Å². The van der Waals surface area contributed by atoms with Gasteiger partial charge in [-0.25, -0.2) is 0 Å². The quantitative estimate of drug-likeness (QED) is 0.543. The Morgan fingerprint density at radius 3 is 2.90 bits per heavy atom. The summed E-state index contributed by atoms with van der Waals surface area (Å²) in [6, 6.07) is 10.8. The molecule has 3 rings (SSSR count). The molecule has 2 heterocycles. The molecule has 1 aliphatic rings. The van der Waals surface area contributed by atoms with Gasteiger partial charge in [0.1, 0.15) is 18.4 Å². The first-order valence-electron chi connectivity index (χ1n) is 6.95. The number of nitrogens with zero attached hydrogens (tertiary/aromatic N) is 2. The summed E-state index contributed by atoms with van der Waals surface area (Å²) in [7, 11) is 4.59. The first-order chi connectivity index (χ1) is 9.15. The summed E-state index contributed by atoms with van der Waals surface area (Å²) in [4.78, 5) is 4.32. The van der Waals surface area contributed by atoms with Gasteiger partial charge >= 0.3 is 0 Å². The van der Waals surface area contributed by atoms with Gasteiger partial charge in [0.2, 0.25) is 0 Å². The maximum absolute atomic E-state index is 5.99. The van der Waals surface area contributed by atoms with Gasteiger partial charge in [0, 0.05) is 24.4 Å². The number of halogens is 1. The molecule has 1 aromatic carbocycles. The second-order valence-corrected chi connectivity index (χ2v) is 5.97. The maximum Gasteiger partial charge on any atom is 0.140 e. The van der Waals surface area contributed by atoms with Crippen LogP contribution in [0.1, 0.15) is 12.8 Å². The van der Waals surface area contributed by atoms with Crippen molar-refractivity contribution in [2.75, 3.05) is 27.2 Å². The lowest BCUT2D eigenvalue weighted by Gasteiger charge is -2.31. The minimum Gasteiger partial charge on any atom is -1.00 e. The normalized spacial score (nSPS) is 20.6. The zero-order chi connectivity index (χ0) is 13.3. The van der Waals surface area contributed by atoms with Gasteiger partial charge < -0.3 is 33.2 Å². The summed E-state index contributed by atoms with van der Waals surface area (Å²) < 4.78 is 7.07. The number of hydrogen-bond acceptors (Lipinski definition) is 2. The van der Waals surface area contributed by atoms with Crippen molar-refractivity contribution in [2.45, 2.75) is 18.9 Å². The highest BCUT2D eigenvalue weighted by Gasteiger charge is 2.34. The van der Waals surface area contributed by atoms with Crippen LogP contribution in [-0.2, 0) is 0 Å². The number of likely N-dealkylation sites (N-methyl/N-ethyl adjacent to an activating group) is 1. The molecular weight excluding hydrogens is 363 g/mol. The van der Waals surface area contributed by atoms with E-state index in [9.17, 15) is 0 Å². The molecule has 1 atom stereocenters. The van der Waals surface area contributed by atoms with Gasteiger partial charge in [-0.2, -0.15) is 0 Å². The molecule has 0 bridgehead atoms. The highest BCUT2D eigenvalue weighted by molar-refractivity contribution is 5.79. The van der Waals surface area contributed by atoms with Crippen LogP contribution in [-0.4, -0.2) is 42.8 Å². The van der Waals surface area contributed by atoms with Crippen molar-refractivity contribution in [1.82, 2.24) is 4.98 Å². The molecule has 0 spiro atoms. The van der Waals surface area contributed by atoms with Crippen molar-refractivity contribution >= 4 is 10.9 Å². The van der Waals surface area contributed by atoms with Crippen LogP contribution in [0, 0.1) is 0 Å². The van der Waals surface area contributed by atoms with Gasteiger partial charge in [-0.1, -0.05) is 6.07 Å². The SMILES string of the molecule is C[N+]1(C)CCC[C@@H]1COc1ccc2ncccc2c1.[I-]. The van der Waals surface area contributed by atoms with Crippen LogP contribution in [0.25, 0.3) is 10.9 Å². The summed E-state index contributed by atoms with van der Waals surface area (Å²) in [5, 5.41) is 1.14.